The summed E-state index contributed by atoms with van der Waals surface area (Å²) in [6.45, 7) is 1.60. The van der Waals surface area contributed by atoms with Gasteiger partial charge >= 0.3 is 0 Å². The zero-order valence-corrected chi connectivity index (χ0v) is 13.6. The molecule has 1 fully saturated rings. The first kappa shape index (κ1) is 16.2. The Labute approximate surface area is 143 Å². The highest BCUT2D eigenvalue weighted by Gasteiger charge is 2.23. The predicted octanol–water partition coefficient (Wildman–Crippen LogP) is 2.08. The second kappa shape index (κ2) is 6.84. The lowest BCUT2D eigenvalue weighted by Crippen LogP contribution is -2.25. The van der Waals surface area contributed by atoms with E-state index in [0.717, 1.165) is 25.9 Å². The molecule has 0 radical (unpaired) electrons. The monoisotopic (exact) mass is 345 g/mol. The Hall–Kier alpha value is -2.67. The Balaban J connectivity index is 1.96. The number of aromatic nitrogens is 2. The molecule has 0 spiro atoms. The van der Waals surface area contributed by atoms with Crippen LogP contribution in [0.4, 0.5) is 11.6 Å². The molecule has 0 unspecified atom stereocenters. The van der Waals surface area contributed by atoms with Crippen molar-refractivity contribution in [2.45, 2.75) is 12.8 Å². The van der Waals surface area contributed by atoms with Crippen LogP contribution in [-0.4, -0.2) is 34.9 Å². The van der Waals surface area contributed by atoms with E-state index < -0.39 is 11.8 Å². The van der Waals surface area contributed by atoms with Crippen molar-refractivity contribution in [1.82, 2.24) is 9.97 Å². The van der Waals surface area contributed by atoms with Gasteiger partial charge in [0.25, 0.3) is 11.8 Å². The molecule has 3 rings (SSSR count). The summed E-state index contributed by atoms with van der Waals surface area (Å²) >= 11 is 6.14. The summed E-state index contributed by atoms with van der Waals surface area (Å²) in [5.41, 5.74) is 5.61. The summed E-state index contributed by atoms with van der Waals surface area (Å²) in [7, 11) is 0. The molecule has 0 saturated carbocycles. The van der Waals surface area contributed by atoms with Crippen LogP contribution < -0.4 is 16.0 Å². The fraction of sp³-hybridized carbons (Fsp3) is 0.250. The minimum atomic E-state index is -0.805. The van der Waals surface area contributed by atoms with Crippen LogP contribution in [-0.2, 0) is 0 Å². The van der Waals surface area contributed by atoms with Crippen molar-refractivity contribution in [3.63, 3.8) is 0 Å². The van der Waals surface area contributed by atoms with Crippen molar-refractivity contribution in [3.05, 3.63) is 46.7 Å². The maximum absolute atomic E-state index is 12.3. The minimum Gasteiger partial charge on any atom is -0.364 e. The lowest BCUT2D eigenvalue weighted by atomic mass is 10.2. The number of benzene rings is 1. The molecule has 2 aromatic rings. The Kier molecular flexibility index (Phi) is 4.61. The molecule has 1 aromatic carbocycles. The van der Waals surface area contributed by atoms with Gasteiger partial charge in [-0.15, -0.1) is 0 Å². The van der Waals surface area contributed by atoms with Crippen molar-refractivity contribution < 1.29 is 9.59 Å². The second-order valence-corrected chi connectivity index (χ2v) is 5.77. The van der Waals surface area contributed by atoms with E-state index in [1.54, 1.807) is 30.3 Å². The average molecular weight is 346 g/mol. The molecule has 8 heteroatoms. The van der Waals surface area contributed by atoms with Crippen LogP contribution in [0.15, 0.2) is 30.3 Å². The van der Waals surface area contributed by atoms with E-state index in [9.17, 15) is 9.59 Å². The Morgan fingerprint density at radius 3 is 2.42 bits per heavy atom. The number of anilines is 2. The molecule has 1 saturated heterocycles. The standard InChI is InChI=1S/C16H16ClN5O2/c17-12-15(22-8-4-5-9-22)20-14(11(19-12)13(18)23)21-16(24)10-6-2-1-3-7-10/h1-3,6-7H,4-5,8-9H2,(H2,18,23)(H,20,21,24). The minimum absolute atomic E-state index is 0.0163. The van der Waals surface area contributed by atoms with E-state index in [4.69, 9.17) is 17.3 Å². The molecule has 1 aliphatic rings. The van der Waals surface area contributed by atoms with Gasteiger partial charge in [-0.05, 0) is 25.0 Å². The quantitative estimate of drug-likeness (QED) is 0.883. The second-order valence-electron chi connectivity index (χ2n) is 5.41. The Morgan fingerprint density at radius 1 is 1.12 bits per heavy atom. The first-order valence-corrected chi connectivity index (χ1v) is 7.93. The van der Waals surface area contributed by atoms with Crippen LogP contribution in [0.5, 0.6) is 0 Å². The number of hydrogen-bond acceptors (Lipinski definition) is 5. The van der Waals surface area contributed by atoms with Crippen molar-refractivity contribution in [2.75, 3.05) is 23.3 Å². The van der Waals surface area contributed by atoms with Crippen LogP contribution in [0.2, 0.25) is 5.15 Å². The average Bonchev–Trinajstić information content (AvgIpc) is 3.11. The van der Waals surface area contributed by atoms with Crippen molar-refractivity contribution in [2.24, 2.45) is 5.73 Å². The molecular weight excluding hydrogens is 330 g/mol. The van der Waals surface area contributed by atoms with Gasteiger partial charge in [0.15, 0.2) is 22.5 Å². The van der Waals surface area contributed by atoms with E-state index in [0.29, 0.717) is 11.4 Å². The zero-order valence-electron chi connectivity index (χ0n) is 12.8. The van der Waals surface area contributed by atoms with Gasteiger partial charge in [0.2, 0.25) is 0 Å². The smallest absolute Gasteiger partial charge is 0.271 e. The van der Waals surface area contributed by atoms with Crippen LogP contribution >= 0.6 is 11.6 Å². The van der Waals surface area contributed by atoms with Crippen molar-refractivity contribution in [3.8, 4) is 0 Å². The molecule has 0 bridgehead atoms. The van der Waals surface area contributed by atoms with E-state index in [-0.39, 0.29) is 16.7 Å². The molecule has 124 valence electrons. The first-order valence-electron chi connectivity index (χ1n) is 7.55. The van der Waals surface area contributed by atoms with E-state index in [1.165, 1.54) is 0 Å². The molecule has 0 aliphatic carbocycles. The SMILES string of the molecule is NC(=O)c1nc(Cl)c(N2CCCC2)nc1NC(=O)c1ccccc1. The maximum Gasteiger partial charge on any atom is 0.271 e. The largest absolute Gasteiger partial charge is 0.364 e. The molecule has 0 atom stereocenters. The summed E-state index contributed by atoms with van der Waals surface area (Å²) in [5, 5.41) is 2.70. The third kappa shape index (κ3) is 3.30. The van der Waals surface area contributed by atoms with Crippen LogP contribution in [0, 0.1) is 0 Å². The van der Waals surface area contributed by atoms with E-state index in [1.807, 2.05) is 4.90 Å². The van der Waals surface area contributed by atoms with Crippen molar-refractivity contribution >= 4 is 35.1 Å². The number of rotatable bonds is 4. The van der Waals surface area contributed by atoms with Crippen molar-refractivity contribution in [1.29, 1.82) is 0 Å². The number of carbonyl (C=O) groups is 2. The van der Waals surface area contributed by atoms with Crippen LogP contribution in [0.3, 0.4) is 0 Å². The van der Waals surface area contributed by atoms with Gasteiger partial charge in [-0.2, -0.15) is 0 Å². The lowest BCUT2D eigenvalue weighted by molar-refractivity contribution is 0.0996. The lowest BCUT2D eigenvalue weighted by Gasteiger charge is -2.19. The Bertz CT molecular complexity index is 776. The number of halogens is 1. The normalized spacial score (nSPS) is 13.8. The molecule has 1 aliphatic heterocycles. The number of hydrogen-bond donors (Lipinski definition) is 2. The number of nitrogens with two attached hydrogens (primary N) is 1. The molecule has 2 amide bonds. The van der Waals surface area contributed by atoms with Crippen LogP contribution in [0.25, 0.3) is 0 Å². The number of amides is 2. The third-order valence-electron chi connectivity index (χ3n) is 3.74. The van der Waals surface area contributed by atoms with Gasteiger partial charge < -0.3 is 16.0 Å². The number of nitrogens with zero attached hydrogens (tertiary/aromatic N) is 3. The van der Waals surface area contributed by atoms with Gasteiger partial charge in [-0.1, -0.05) is 29.8 Å². The predicted molar refractivity (Wildman–Crippen MR) is 91.4 cm³/mol. The van der Waals surface area contributed by atoms with E-state index in [2.05, 4.69) is 15.3 Å². The van der Waals surface area contributed by atoms with Gasteiger partial charge in [0.05, 0.1) is 0 Å². The summed E-state index contributed by atoms with van der Waals surface area (Å²) < 4.78 is 0. The summed E-state index contributed by atoms with van der Waals surface area (Å²) in [5.74, 6) is -0.743. The molecule has 7 nitrogen and oxygen atoms in total. The zero-order chi connectivity index (χ0) is 17.1. The Morgan fingerprint density at radius 2 is 1.79 bits per heavy atom. The fourth-order valence-corrected chi connectivity index (χ4v) is 2.81. The molecule has 24 heavy (non-hydrogen) atoms. The first-order chi connectivity index (χ1) is 11.6. The summed E-state index contributed by atoms with van der Waals surface area (Å²) in [6.07, 6.45) is 2.06. The summed E-state index contributed by atoms with van der Waals surface area (Å²) in [4.78, 5) is 34.3. The molecule has 3 N–H and O–H groups in total. The molecule has 2 heterocycles. The van der Waals surface area contributed by atoms with Gasteiger partial charge in [0, 0.05) is 18.7 Å². The number of primary amides is 1. The number of carbonyl (C=O) groups excluding carboxylic acids is 2. The van der Waals surface area contributed by atoms with E-state index >= 15 is 0 Å². The highest BCUT2D eigenvalue weighted by atomic mass is 35.5. The van der Waals surface area contributed by atoms with Gasteiger partial charge in [-0.3, -0.25) is 9.59 Å². The summed E-state index contributed by atoms with van der Waals surface area (Å²) in [6, 6.07) is 8.60. The number of nitrogens with one attached hydrogen (secondary N) is 1. The topological polar surface area (TPSA) is 101 Å². The maximum atomic E-state index is 12.3. The van der Waals surface area contributed by atoms with Gasteiger partial charge in [-0.25, -0.2) is 9.97 Å². The van der Waals surface area contributed by atoms with Crippen LogP contribution in [0.1, 0.15) is 33.7 Å². The highest BCUT2D eigenvalue weighted by Crippen LogP contribution is 2.28. The highest BCUT2D eigenvalue weighted by molar-refractivity contribution is 6.32. The third-order valence-corrected chi connectivity index (χ3v) is 4.00. The molecular formula is C16H16ClN5O2. The fourth-order valence-electron chi connectivity index (χ4n) is 2.56. The molecule has 1 aromatic heterocycles. The van der Waals surface area contributed by atoms with Gasteiger partial charge in [0.1, 0.15) is 0 Å².